The number of nitrogens with two attached hydrogens (primary N) is 1. The number of rotatable bonds is 9. The van der Waals surface area contributed by atoms with E-state index >= 15 is 0 Å². The Morgan fingerprint density at radius 1 is 1.33 bits per heavy atom. The Labute approximate surface area is 207 Å². The Bertz CT molecular complexity index is 1180. The second-order valence-electron chi connectivity index (χ2n) is 9.04. The lowest BCUT2D eigenvalue weighted by atomic mass is 10.0. The summed E-state index contributed by atoms with van der Waals surface area (Å²) >= 11 is 2.36. The van der Waals surface area contributed by atoms with Gasteiger partial charge in [-0.05, 0) is 76.9 Å². The summed E-state index contributed by atoms with van der Waals surface area (Å²) in [5.41, 5.74) is 10.4. The Morgan fingerprint density at radius 3 is 2.79 bits per heavy atom. The van der Waals surface area contributed by atoms with E-state index in [1.54, 1.807) is 0 Å². The molecule has 0 saturated heterocycles. The number of halogens is 2. The molecule has 1 aromatic heterocycles. The molecule has 4 rings (SSSR count). The zero-order valence-corrected chi connectivity index (χ0v) is 21.8. The maximum atomic E-state index is 14.1. The van der Waals surface area contributed by atoms with Crippen molar-refractivity contribution < 1.29 is 12.8 Å². The number of nitrogens with one attached hydrogen (secondary N) is 2. The number of sulfonamides is 1. The molecular weight excluding hydrogens is 558 g/mol. The summed E-state index contributed by atoms with van der Waals surface area (Å²) in [6.45, 7) is 4.50. The average Bonchev–Trinajstić information content (AvgIpc) is 3.29. The molecule has 0 radical (unpaired) electrons. The molecular formula is C22H30FIN6O2S. The monoisotopic (exact) mass is 588 g/mol. The van der Waals surface area contributed by atoms with E-state index in [0.29, 0.717) is 37.4 Å². The van der Waals surface area contributed by atoms with Gasteiger partial charge in [-0.15, -0.1) is 0 Å². The number of alkyl halides is 1. The average molecular weight is 588 g/mol. The molecule has 0 bridgehead atoms. The van der Waals surface area contributed by atoms with Crippen LogP contribution < -0.4 is 15.8 Å². The molecule has 4 N–H and O–H groups in total. The van der Waals surface area contributed by atoms with Crippen LogP contribution in [0.1, 0.15) is 54.9 Å². The van der Waals surface area contributed by atoms with Crippen LogP contribution in [0.3, 0.4) is 0 Å². The number of aryl methyl sites for hydroxylation is 2. The van der Waals surface area contributed by atoms with Gasteiger partial charge >= 0.3 is 0 Å². The molecule has 2 aliphatic rings. The summed E-state index contributed by atoms with van der Waals surface area (Å²) in [7, 11) is -3.32. The fraction of sp³-hybridized carbons (Fsp3) is 0.545. The van der Waals surface area contributed by atoms with Gasteiger partial charge in [0.05, 0.1) is 5.75 Å². The topological polar surface area (TPSA) is 114 Å². The first-order chi connectivity index (χ1) is 15.6. The zero-order valence-electron chi connectivity index (χ0n) is 18.9. The molecule has 1 aromatic carbocycles. The van der Waals surface area contributed by atoms with E-state index in [2.05, 4.69) is 49.8 Å². The number of anilines is 1. The van der Waals surface area contributed by atoms with E-state index in [1.165, 1.54) is 26.7 Å². The van der Waals surface area contributed by atoms with Gasteiger partial charge in [0.25, 0.3) is 6.42 Å². The summed E-state index contributed by atoms with van der Waals surface area (Å²) in [4.78, 5) is 8.45. The largest absolute Gasteiger partial charge is 0.382 e. The van der Waals surface area contributed by atoms with Gasteiger partial charge in [0.2, 0.25) is 10.0 Å². The van der Waals surface area contributed by atoms with Crippen molar-refractivity contribution in [3.8, 4) is 0 Å². The van der Waals surface area contributed by atoms with Gasteiger partial charge in [0.1, 0.15) is 17.3 Å². The number of imidazole rings is 1. The van der Waals surface area contributed by atoms with E-state index in [4.69, 9.17) is 10.7 Å². The molecule has 1 atom stereocenters. The van der Waals surface area contributed by atoms with Gasteiger partial charge in [-0.1, -0.05) is 19.9 Å². The molecule has 2 heterocycles. The SMILES string of the molecule is CC(C)CS(=O)(=O)NCCCn1c(Cc2cc3c(cc2I)CCC3)nc2c1NC(F)N=C2N. The first-order valence-corrected chi connectivity index (χ1v) is 14.0. The summed E-state index contributed by atoms with van der Waals surface area (Å²) in [5.74, 6) is 1.45. The van der Waals surface area contributed by atoms with Crippen molar-refractivity contribution in [3.05, 3.63) is 43.9 Å². The minimum Gasteiger partial charge on any atom is -0.382 e. The molecule has 0 fully saturated rings. The van der Waals surface area contributed by atoms with Crippen molar-refractivity contribution in [2.24, 2.45) is 16.6 Å². The van der Waals surface area contributed by atoms with Crippen molar-refractivity contribution in [3.63, 3.8) is 0 Å². The van der Waals surface area contributed by atoms with Crippen molar-refractivity contribution in [1.29, 1.82) is 0 Å². The highest BCUT2D eigenvalue weighted by molar-refractivity contribution is 14.1. The Kier molecular flexibility index (Phi) is 7.29. The van der Waals surface area contributed by atoms with Crippen LogP contribution >= 0.6 is 22.6 Å². The second-order valence-corrected chi connectivity index (χ2v) is 12.1. The number of fused-ring (bicyclic) bond motifs is 2. The number of nitrogens with zero attached hydrogens (tertiary/aromatic N) is 3. The number of hydrogen-bond acceptors (Lipinski definition) is 6. The summed E-state index contributed by atoms with van der Waals surface area (Å²) in [6.07, 6.45) is 2.86. The van der Waals surface area contributed by atoms with Gasteiger partial charge in [-0.3, -0.25) is 0 Å². The quantitative estimate of drug-likeness (QED) is 0.237. The summed E-state index contributed by atoms with van der Waals surface area (Å²) in [6, 6.07) is 4.51. The number of benzene rings is 1. The number of aliphatic imine (C=N–C) groups is 1. The van der Waals surface area contributed by atoms with E-state index in [1.807, 2.05) is 18.4 Å². The second kappa shape index (κ2) is 9.87. The van der Waals surface area contributed by atoms with Gasteiger partial charge in [0.15, 0.2) is 5.84 Å². The highest BCUT2D eigenvalue weighted by atomic mass is 127. The van der Waals surface area contributed by atoms with Crippen molar-refractivity contribution in [2.45, 2.75) is 58.9 Å². The highest BCUT2D eigenvalue weighted by Gasteiger charge is 2.27. The fourth-order valence-corrected chi connectivity index (χ4v) is 6.61. The first kappa shape index (κ1) is 24.4. The number of aromatic nitrogens is 2. The highest BCUT2D eigenvalue weighted by Crippen LogP contribution is 2.30. The Balaban J connectivity index is 1.56. The molecule has 8 nitrogen and oxygen atoms in total. The number of hydrogen-bond donors (Lipinski definition) is 3. The van der Waals surface area contributed by atoms with Crippen LogP contribution in [-0.4, -0.2) is 42.5 Å². The van der Waals surface area contributed by atoms with Gasteiger partial charge in [-0.25, -0.2) is 23.1 Å². The normalized spacial score (nSPS) is 17.6. The van der Waals surface area contributed by atoms with Crippen molar-refractivity contribution in [1.82, 2.24) is 14.3 Å². The minimum atomic E-state index is -3.32. The fourth-order valence-electron chi connectivity index (χ4n) is 4.44. The summed E-state index contributed by atoms with van der Waals surface area (Å²) < 4.78 is 44.1. The minimum absolute atomic E-state index is 0.0533. The van der Waals surface area contributed by atoms with E-state index in [9.17, 15) is 12.8 Å². The molecule has 11 heteroatoms. The van der Waals surface area contributed by atoms with Crippen LogP contribution in [0.4, 0.5) is 10.2 Å². The Hall–Kier alpha value is -1.73. The smallest absolute Gasteiger partial charge is 0.267 e. The molecule has 2 aromatic rings. The molecule has 180 valence electrons. The van der Waals surface area contributed by atoms with Crippen molar-refractivity contribution >= 4 is 44.3 Å². The van der Waals surface area contributed by atoms with Gasteiger partial charge < -0.3 is 15.6 Å². The van der Waals surface area contributed by atoms with E-state index in [0.717, 1.165) is 18.7 Å². The third kappa shape index (κ3) is 5.68. The van der Waals surface area contributed by atoms with Gasteiger partial charge in [0, 0.05) is 23.1 Å². The van der Waals surface area contributed by atoms with Crippen LogP contribution in [0.15, 0.2) is 17.1 Å². The molecule has 0 amide bonds. The van der Waals surface area contributed by atoms with Crippen LogP contribution in [0, 0.1) is 9.49 Å². The lowest BCUT2D eigenvalue weighted by Gasteiger charge is -2.18. The van der Waals surface area contributed by atoms with Crippen LogP contribution in [-0.2, 0) is 35.8 Å². The van der Waals surface area contributed by atoms with Crippen LogP contribution in [0.5, 0.6) is 0 Å². The maximum absolute atomic E-state index is 14.1. The Morgan fingerprint density at radius 2 is 2.06 bits per heavy atom. The molecule has 1 unspecified atom stereocenters. The van der Waals surface area contributed by atoms with Gasteiger partial charge in [-0.2, -0.15) is 4.39 Å². The third-order valence-electron chi connectivity index (χ3n) is 5.84. The number of amidine groups is 1. The molecule has 0 spiro atoms. The molecule has 1 aliphatic carbocycles. The standard InChI is InChI=1S/C22H30FIN6O2S/c1-13(2)12-33(31,32)26-7-4-8-30-18(27-19-20(25)28-22(23)29-21(19)30)11-16-9-14-5-3-6-15(14)10-17(16)24/h9-10,13,22,26,29H,3-8,11-12H2,1-2H3,(H2,25,28). The zero-order chi connectivity index (χ0) is 23.8. The third-order valence-corrected chi connectivity index (χ3v) is 8.59. The predicted octanol–water partition coefficient (Wildman–Crippen LogP) is 2.92. The lowest BCUT2D eigenvalue weighted by Crippen LogP contribution is -2.30. The molecule has 33 heavy (non-hydrogen) atoms. The van der Waals surface area contributed by atoms with E-state index in [-0.39, 0.29) is 17.5 Å². The predicted molar refractivity (Wildman–Crippen MR) is 137 cm³/mol. The first-order valence-electron chi connectivity index (χ1n) is 11.2. The lowest BCUT2D eigenvalue weighted by molar-refractivity contribution is 0.381. The maximum Gasteiger partial charge on any atom is 0.267 e. The van der Waals surface area contributed by atoms with Crippen LogP contribution in [0.2, 0.25) is 0 Å². The van der Waals surface area contributed by atoms with E-state index < -0.39 is 16.4 Å². The molecule has 1 aliphatic heterocycles. The molecule has 0 saturated carbocycles. The summed E-state index contributed by atoms with van der Waals surface area (Å²) in [5, 5.41) is 2.73. The van der Waals surface area contributed by atoms with Crippen LogP contribution in [0.25, 0.3) is 0 Å². The van der Waals surface area contributed by atoms with Crippen molar-refractivity contribution in [2.75, 3.05) is 17.6 Å².